The fraction of sp³-hybridized carbons (Fsp3) is 0.778. The van der Waals surface area contributed by atoms with Crippen LogP contribution in [-0.4, -0.2) is 20.1 Å². The zero-order valence-corrected chi connectivity index (χ0v) is 9.95. The van der Waals surface area contributed by atoms with Crippen LogP contribution in [0, 0.1) is 5.92 Å². The quantitative estimate of drug-likeness (QED) is 0.764. The zero-order valence-electron chi connectivity index (χ0n) is 8.37. The Labute approximate surface area is 87.7 Å². The van der Waals surface area contributed by atoms with Gasteiger partial charge in [-0.15, -0.1) is 0 Å². The Balaban J connectivity index is 2.70. The van der Waals surface area contributed by atoms with Gasteiger partial charge < -0.3 is 0 Å². The van der Waals surface area contributed by atoms with Crippen LogP contribution in [0.25, 0.3) is 0 Å². The maximum Gasteiger partial charge on any atom is 0.138 e. The first-order valence-electron chi connectivity index (χ1n) is 4.59. The monoisotopic (exact) mass is 245 g/mol. The van der Waals surface area contributed by atoms with E-state index in [2.05, 4.69) is 46.8 Å². The largest absolute Gasteiger partial charge is 0.248 e. The average Bonchev–Trinajstić information content (AvgIpc) is 2.52. The van der Waals surface area contributed by atoms with Crippen molar-refractivity contribution in [3.05, 3.63) is 12.2 Å². The molecule has 1 aromatic rings. The summed E-state index contributed by atoms with van der Waals surface area (Å²) in [5.74, 6) is 1.70. The van der Waals surface area contributed by atoms with Gasteiger partial charge in [0.15, 0.2) is 0 Å². The van der Waals surface area contributed by atoms with Crippen molar-refractivity contribution >= 4 is 15.9 Å². The zero-order chi connectivity index (χ0) is 9.84. The van der Waals surface area contributed by atoms with E-state index in [1.807, 2.05) is 4.68 Å². The standard InChI is InChI=1S/C9H16BrN3/c1-7(2)13-9(11-6-12-13)4-8(3)5-10/h6-8H,4-5H2,1-3H3. The Bertz CT molecular complexity index is 257. The second-order valence-electron chi connectivity index (χ2n) is 3.68. The summed E-state index contributed by atoms with van der Waals surface area (Å²) < 4.78 is 1.99. The summed E-state index contributed by atoms with van der Waals surface area (Å²) in [5, 5.41) is 5.21. The molecular weight excluding hydrogens is 230 g/mol. The van der Waals surface area contributed by atoms with Crippen molar-refractivity contribution in [2.45, 2.75) is 33.2 Å². The molecule has 0 aliphatic heterocycles. The fourth-order valence-electron chi connectivity index (χ4n) is 1.22. The first kappa shape index (κ1) is 10.7. The number of hydrogen-bond acceptors (Lipinski definition) is 2. The minimum absolute atomic E-state index is 0.403. The molecule has 1 atom stereocenters. The normalized spacial score (nSPS) is 13.6. The van der Waals surface area contributed by atoms with E-state index in [0.717, 1.165) is 17.6 Å². The highest BCUT2D eigenvalue weighted by atomic mass is 79.9. The maximum absolute atomic E-state index is 4.26. The molecule has 4 heteroatoms. The van der Waals surface area contributed by atoms with Gasteiger partial charge in [0.25, 0.3) is 0 Å². The minimum Gasteiger partial charge on any atom is -0.248 e. The Kier molecular flexibility index (Phi) is 3.90. The summed E-state index contributed by atoms with van der Waals surface area (Å²) in [5.41, 5.74) is 0. The van der Waals surface area contributed by atoms with Crippen LogP contribution in [0.4, 0.5) is 0 Å². The van der Waals surface area contributed by atoms with E-state index in [4.69, 9.17) is 0 Å². The first-order chi connectivity index (χ1) is 6.15. The second kappa shape index (κ2) is 4.74. The lowest BCUT2D eigenvalue weighted by Gasteiger charge is -2.11. The van der Waals surface area contributed by atoms with Crippen LogP contribution in [0.1, 0.15) is 32.6 Å². The second-order valence-corrected chi connectivity index (χ2v) is 4.33. The summed E-state index contributed by atoms with van der Waals surface area (Å²) in [6.45, 7) is 6.45. The van der Waals surface area contributed by atoms with Crippen LogP contribution >= 0.6 is 15.9 Å². The van der Waals surface area contributed by atoms with Crippen LogP contribution in [0.3, 0.4) is 0 Å². The third-order valence-electron chi connectivity index (χ3n) is 1.93. The lowest BCUT2D eigenvalue weighted by molar-refractivity contribution is 0.485. The molecule has 0 N–H and O–H groups in total. The number of rotatable bonds is 4. The van der Waals surface area contributed by atoms with E-state index < -0.39 is 0 Å². The molecule has 0 aromatic carbocycles. The molecule has 0 aliphatic carbocycles. The molecule has 0 amide bonds. The molecule has 1 rings (SSSR count). The van der Waals surface area contributed by atoms with Gasteiger partial charge in [0.05, 0.1) is 0 Å². The van der Waals surface area contributed by atoms with Crippen molar-refractivity contribution in [1.29, 1.82) is 0 Å². The molecule has 0 saturated carbocycles. The van der Waals surface area contributed by atoms with Gasteiger partial charge in [0.1, 0.15) is 12.2 Å². The van der Waals surface area contributed by atoms with E-state index in [9.17, 15) is 0 Å². The topological polar surface area (TPSA) is 30.7 Å². The van der Waals surface area contributed by atoms with E-state index >= 15 is 0 Å². The van der Waals surface area contributed by atoms with Crippen LogP contribution in [0.2, 0.25) is 0 Å². The van der Waals surface area contributed by atoms with E-state index in [0.29, 0.717) is 12.0 Å². The van der Waals surface area contributed by atoms with Crippen molar-refractivity contribution in [3.8, 4) is 0 Å². The van der Waals surface area contributed by atoms with E-state index in [1.165, 1.54) is 0 Å². The number of alkyl halides is 1. The van der Waals surface area contributed by atoms with Gasteiger partial charge in [0.2, 0.25) is 0 Å². The van der Waals surface area contributed by atoms with Gasteiger partial charge in [-0.2, -0.15) is 5.10 Å². The number of nitrogens with zero attached hydrogens (tertiary/aromatic N) is 3. The van der Waals surface area contributed by atoms with Gasteiger partial charge in [0, 0.05) is 17.8 Å². The SMILES string of the molecule is CC(CBr)Cc1ncnn1C(C)C. The molecule has 1 heterocycles. The summed E-state index contributed by atoms with van der Waals surface area (Å²) in [6, 6.07) is 0.403. The Morgan fingerprint density at radius 3 is 2.69 bits per heavy atom. The molecule has 1 unspecified atom stereocenters. The molecule has 13 heavy (non-hydrogen) atoms. The summed E-state index contributed by atoms with van der Waals surface area (Å²) in [6.07, 6.45) is 2.62. The molecule has 0 saturated heterocycles. The Morgan fingerprint density at radius 2 is 2.15 bits per heavy atom. The van der Waals surface area contributed by atoms with Crippen molar-refractivity contribution < 1.29 is 0 Å². The van der Waals surface area contributed by atoms with E-state index in [-0.39, 0.29) is 0 Å². The Morgan fingerprint density at radius 1 is 1.46 bits per heavy atom. The molecular formula is C9H16BrN3. The lowest BCUT2D eigenvalue weighted by Crippen LogP contribution is -2.12. The van der Waals surface area contributed by atoms with Gasteiger partial charge in [-0.05, 0) is 19.8 Å². The molecule has 3 nitrogen and oxygen atoms in total. The van der Waals surface area contributed by atoms with E-state index in [1.54, 1.807) is 6.33 Å². The smallest absolute Gasteiger partial charge is 0.138 e. The van der Waals surface area contributed by atoms with Gasteiger partial charge in [-0.3, -0.25) is 0 Å². The van der Waals surface area contributed by atoms with Crippen molar-refractivity contribution in [3.63, 3.8) is 0 Å². The van der Waals surface area contributed by atoms with Crippen molar-refractivity contribution in [1.82, 2.24) is 14.8 Å². The molecule has 0 spiro atoms. The number of halogens is 1. The van der Waals surface area contributed by atoms with Crippen LogP contribution in [0.15, 0.2) is 6.33 Å². The number of aromatic nitrogens is 3. The van der Waals surface area contributed by atoms with Crippen LogP contribution in [-0.2, 0) is 6.42 Å². The first-order valence-corrected chi connectivity index (χ1v) is 5.71. The summed E-state index contributed by atoms with van der Waals surface area (Å²) in [4.78, 5) is 4.26. The van der Waals surface area contributed by atoms with Gasteiger partial charge in [-0.25, -0.2) is 9.67 Å². The predicted molar refractivity (Wildman–Crippen MR) is 57.1 cm³/mol. The third-order valence-corrected chi connectivity index (χ3v) is 3.04. The van der Waals surface area contributed by atoms with Crippen LogP contribution < -0.4 is 0 Å². The molecule has 74 valence electrons. The molecule has 0 radical (unpaired) electrons. The van der Waals surface area contributed by atoms with Gasteiger partial charge in [-0.1, -0.05) is 22.9 Å². The fourth-order valence-corrected chi connectivity index (χ4v) is 1.45. The predicted octanol–water partition coefficient (Wildman–Crippen LogP) is 2.43. The summed E-state index contributed by atoms with van der Waals surface area (Å²) in [7, 11) is 0. The highest BCUT2D eigenvalue weighted by Gasteiger charge is 2.10. The molecule has 1 aromatic heterocycles. The van der Waals surface area contributed by atoms with Crippen LogP contribution in [0.5, 0.6) is 0 Å². The highest BCUT2D eigenvalue weighted by molar-refractivity contribution is 9.09. The number of hydrogen-bond donors (Lipinski definition) is 0. The molecule has 0 aliphatic rings. The molecule has 0 bridgehead atoms. The van der Waals surface area contributed by atoms with Gasteiger partial charge >= 0.3 is 0 Å². The average molecular weight is 246 g/mol. The Hall–Kier alpha value is -0.380. The minimum atomic E-state index is 0.403. The third kappa shape index (κ3) is 2.79. The molecule has 0 fully saturated rings. The highest BCUT2D eigenvalue weighted by Crippen LogP contribution is 2.11. The summed E-state index contributed by atoms with van der Waals surface area (Å²) >= 11 is 3.46. The maximum atomic E-state index is 4.26. The van der Waals surface area contributed by atoms with Crippen molar-refractivity contribution in [2.75, 3.05) is 5.33 Å². The van der Waals surface area contributed by atoms with Crippen molar-refractivity contribution in [2.24, 2.45) is 5.92 Å². The lowest BCUT2D eigenvalue weighted by atomic mass is 10.1.